The molecular weight excluding hydrogens is 304 g/mol. The summed E-state index contributed by atoms with van der Waals surface area (Å²) in [7, 11) is 0. The molecule has 1 saturated heterocycles. The van der Waals surface area contributed by atoms with Gasteiger partial charge in [-0.1, -0.05) is 6.07 Å². The second-order valence-corrected chi connectivity index (χ2v) is 6.43. The maximum atomic E-state index is 12.6. The van der Waals surface area contributed by atoms with Gasteiger partial charge in [0.2, 0.25) is 5.91 Å². The summed E-state index contributed by atoms with van der Waals surface area (Å²) < 4.78 is 1.01. The Morgan fingerprint density at radius 1 is 1.32 bits per heavy atom. The van der Waals surface area contributed by atoms with Gasteiger partial charge in [0.15, 0.2) is 0 Å². The highest BCUT2D eigenvalue weighted by Crippen LogP contribution is 2.31. The molecule has 19 heavy (non-hydrogen) atoms. The van der Waals surface area contributed by atoms with Crippen LogP contribution in [0.2, 0.25) is 0 Å². The lowest BCUT2D eigenvalue weighted by molar-refractivity contribution is -0.121. The van der Waals surface area contributed by atoms with E-state index in [0.717, 1.165) is 29.5 Å². The van der Waals surface area contributed by atoms with Gasteiger partial charge in [0.25, 0.3) is 0 Å². The Balaban J connectivity index is 1.80. The molecule has 1 atom stereocenters. The fourth-order valence-electron chi connectivity index (χ4n) is 2.63. The fraction of sp³-hybridized carbons (Fsp3) is 0.533. The second-order valence-electron chi connectivity index (χ2n) is 5.58. The highest BCUT2D eigenvalue weighted by Gasteiger charge is 2.34. The van der Waals surface area contributed by atoms with Crippen molar-refractivity contribution < 1.29 is 4.79 Å². The Bertz CT molecular complexity index is 499. The Labute approximate surface area is 122 Å². The van der Waals surface area contributed by atoms with E-state index in [1.165, 1.54) is 18.4 Å². The molecule has 1 amide bonds. The Morgan fingerprint density at radius 2 is 2.11 bits per heavy atom. The van der Waals surface area contributed by atoms with E-state index in [1.54, 1.807) is 0 Å². The summed E-state index contributed by atoms with van der Waals surface area (Å²) >= 11 is 3.58. The first-order valence-electron chi connectivity index (χ1n) is 6.99. The summed E-state index contributed by atoms with van der Waals surface area (Å²) in [6, 6.07) is 6.76. The van der Waals surface area contributed by atoms with E-state index in [2.05, 4.69) is 40.3 Å². The van der Waals surface area contributed by atoms with E-state index in [4.69, 9.17) is 0 Å². The summed E-state index contributed by atoms with van der Waals surface area (Å²) in [5.41, 5.74) is 2.20. The molecule has 3 nitrogen and oxygen atoms in total. The van der Waals surface area contributed by atoms with Gasteiger partial charge in [-0.05, 0) is 66.2 Å². The van der Waals surface area contributed by atoms with Crippen molar-refractivity contribution >= 4 is 27.5 Å². The minimum atomic E-state index is 0.00875. The predicted octanol–water partition coefficient (Wildman–Crippen LogP) is 3.00. The van der Waals surface area contributed by atoms with Crippen molar-refractivity contribution in [2.45, 2.75) is 44.7 Å². The molecule has 2 fully saturated rings. The number of aryl methyl sites for hydroxylation is 1. The summed E-state index contributed by atoms with van der Waals surface area (Å²) in [6.45, 7) is 2.88. The molecule has 1 aromatic carbocycles. The van der Waals surface area contributed by atoms with Crippen LogP contribution in [0.4, 0.5) is 5.69 Å². The largest absolute Gasteiger partial charge is 0.310 e. The first-order valence-corrected chi connectivity index (χ1v) is 7.78. The van der Waals surface area contributed by atoms with Crippen LogP contribution >= 0.6 is 15.9 Å². The van der Waals surface area contributed by atoms with E-state index >= 15 is 0 Å². The zero-order valence-corrected chi connectivity index (χ0v) is 12.7. The average Bonchev–Trinajstić information content (AvgIpc) is 3.17. The molecule has 3 rings (SSSR count). The van der Waals surface area contributed by atoms with Crippen LogP contribution in [0.5, 0.6) is 0 Å². The minimum absolute atomic E-state index is 0.00875. The standard InChI is InChI=1S/C15H19BrN2O/c1-10-4-7-14(12(16)9-10)18-8-2-3-13(15(18)19)17-11-5-6-11/h4,7,9,11,13,17H,2-3,5-6,8H2,1H3. The van der Waals surface area contributed by atoms with Crippen LogP contribution in [-0.2, 0) is 4.79 Å². The molecule has 1 aliphatic carbocycles. The molecule has 1 N–H and O–H groups in total. The van der Waals surface area contributed by atoms with Crippen molar-refractivity contribution in [2.24, 2.45) is 0 Å². The third-order valence-corrected chi connectivity index (χ3v) is 4.48. The molecule has 0 radical (unpaired) electrons. The SMILES string of the molecule is Cc1ccc(N2CCCC(NC3CC3)C2=O)c(Br)c1. The lowest BCUT2D eigenvalue weighted by Crippen LogP contribution is -2.51. The first kappa shape index (κ1) is 13.1. The van der Waals surface area contributed by atoms with Crippen LogP contribution in [-0.4, -0.2) is 24.5 Å². The monoisotopic (exact) mass is 322 g/mol. The van der Waals surface area contributed by atoms with Gasteiger partial charge in [0.1, 0.15) is 0 Å². The first-order chi connectivity index (χ1) is 9.15. The van der Waals surface area contributed by atoms with Crippen molar-refractivity contribution in [2.75, 3.05) is 11.4 Å². The number of carbonyl (C=O) groups is 1. The van der Waals surface area contributed by atoms with Gasteiger partial charge < -0.3 is 10.2 Å². The van der Waals surface area contributed by atoms with Crippen LogP contribution in [0.15, 0.2) is 22.7 Å². The Kier molecular flexibility index (Phi) is 3.63. The number of hydrogen-bond donors (Lipinski definition) is 1. The molecule has 2 aliphatic rings. The Morgan fingerprint density at radius 3 is 2.79 bits per heavy atom. The van der Waals surface area contributed by atoms with Crippen LogP contribution in [0.3, 0.4) is 0 Å². The zero-order valence-electron chi connectivity index (χ0n) is 11.2. The van der Waals surface area contributed by atoms with Gasteiger partial charge in [0.05, 0.1) is 11.7 Å². The molecule has 0 aromatic heterocycles. The Hall–Kier alpha value is -0.870. The van der Waals surface area contributed by atoms with Gasteiger partial charge in [-0.25, -0.2) is 0 Å². The van der Waals surface area contributed by atoms with Gasteiger partial charge in [-0.15, -0.1) is 0 Å². The number of halogens is 1. The summed E-state index contributed by atoms with van der Waals surface area (Å²) in [6.07, 6.45) is 4.47. The summed E-state index contributed by atoms with van der Waals surface area (Å²) in [4.78, 5) is 14.5. The van der Waals surface area contributed by atoms with E-state index < -0.39 is 0 Å². The summed E-state index contributed by atoms with van der Waals surface area (Å²) in [5, 5.41) is 3.47. The number of anilines is 1. The van der Waals surface area contributed by atoms with E-state index in [-0.39, 0.29) is 11.9 Å². The molecular formula is C15H19BrN2O. The number of carbonyl (C=O) groups excluding carboxylic acids is 1. The van der Waals surface area contributed by atoms with Crippen LogP contribution in [0.25, 0.3) is 0 Å². The molecule has 1 heterocycles. The number of benzene rings is 1. The van der Waals surface area contributed by atoms with Crippen LogP contribution in [0, 0.1) is 6.92 Å². The average molecular weight is 323 g/mol. The number of rotatable bonds is 3. The van der Waals surface area contributed by atoms with Gasteiger partial charge in [0, 0.05) is 17.1 Å². The van der Waals surface area contributed by atoms with Crippen molar-refractivity contribution in [3.8, 4) is 0 Å². The minimum Gasteiger partial charge on any atom is -0.310 e. The number of amides is 1. The van der Waals surface area contributed by atoms with Gasteiger partial charge in [-0.3, -0.25) is 4.79 Å². The molecule has 1 aliphatic heterocycles. The van der Waals surface area contributed by atoms with E-state index in [0.29, 0.717) is 6.04 Å². The third kappa shape index (κ3) is 2.84. The van der Waals surface area contributed by atoms with E-state index in [1.807, 2.05) is 11.0 Å². The summed E-state index contributed by atoms with van der Waals surface area (Å²) in [5.74, 6) is 0.225. The highest BCUT2D eigenvalue weighted by molar-refractivity contribution is 9.10. The zero-order chi connectivity index (χ0) is 13.4. The predicted molar refractivity (Wildman–Crippen MR) is 80.4 cm³/mol. The van der Waals surface area contributed by atoms with Gasteiger partial charge in [-0.2, -0.15) is 0 Å². The molecule has 1 aromatic rings. The number of nitrogens with zero attached hydrogens (tertiary/aromatic N) is 1. The maximum absolute atomic E-state index is 12.6. The van der Waals surface area contributed by atoms with Crippen molar-refractivity contribution in [3.63, 3.8) is 0 Å². The second kappa shape index (κ2) is 5.25. The maximum Gasteiger partial charge on any atom is 0.244 e. The highest BCUT2D eigenvalue weighted by atomic mass is 79.9. The molecule has 0 spiro atoms. The smallest absolute Gasteiger partial charge is 0.244 e. The normalized spacial score (nSPS) is 23.8. The number of piperidine rings is 1. The number of nitrogens with one attached hydrogen (secondary N) is 1. The molecule has 4 heteroatoms. The lowest BCUT2D eigenvalue weighted by atomic mass is 10.0. The quantitative estimate of drug-likeness (QED) is 0.927. The fourth-order valence-corrected chi connectivity index (χ4v) is 3.34. The third-order valence-electron chi connectivity index (χ3n) is 3.85. The van der Waals surface area contributed by atoms with Crippen molar-refractivity contribution in [1.82, 2.24) is 5.32 Å². The van der Waals surface area contributed by atoms with Crippen LogP contribution in [0.1, 0.15) is 31.2 Å². The van der Waals surface area contributed by atoms with Gasteiger partial charge >= 0.3 is 0 Å². The molecule has 102 valence electrons. The molecule has 1 unspecified atom stereocenters. The number of hydrogen-bond acceptors (Lipinski definition) is 2. The van der Waals surface area contributed by atoms with E-state index in [9.17, 15) is 4.79 Å². The van der Waals surface area contributed by atoms with Crippen molar-refractivity contribution in [1.29, 1.82) is 0 Å². The van der Waals surface area contributed by atoms with Crippen molar-refractivity contribution in [3.05, 3.63) is 28.2 Å². The van der Waals surface area contributed by atoms with Crippen LogP contribution < -0.4 is 10.2 Å². The molecule has 1 saturated carbocycles. The lowest BCUT2D eigenvalue weighted by Gasteiger charge is -2.33. The molecule has 0 bridgehead atoms. The topological polar surface area (TPSA) is 32.3 Å².